The zero-order valence-electron chi connectivity index (χ0n) is 14.5. The zero-order valence-corrected chi connectivity index (χ0v) is 14.5. The molecular weight excluding hydrogens is 381 g/mol. The average Bonchev–Trinajstić information content (AvgIpc) is 3.14. The first-order valence-electron chi connectivity index (χ1n) is 8.55. The van der Waals surface area contributed by atoms with Crippen LogP contribution in [0.4, 0.5) is 18.0 Å². The van der Waals surface area contributed by atoms with Gasteiger partial charge in [-0.1, -0.05) is 30.1 Å². The van der Waals surface area contributed by atoms with E-state index in [1.54, 1.807) is 0 Å². The van der Waals surface area contributed by atoms with Crippen molar-refractivity contribution in [1.82, 2.24) is 20.8 Å². The minimum Gasteiger partial charge on any atom is -0.465 e. The minimum absolute atomic E-state index is 0.239. The summed E-state index contributed by atoms with van der Waals surface area (Å²) >= 11 is 0. The number of nitrogens with zero attached hydrogens (tertiary/aromatic N) is 2. The van der Waals surface area contributed by atoms with Crippen LogP contribution in [0, 0.1) is 0 Å². The molecule has 1 fully saturated rings. The van der Waals surface area contributed by atoms with Crippen LogP contribution in [0.5, 0.6) is 0 Å². The Morgan fingerprint density at radius 1 is 1.07 bits per heavy atom. The van der Waals surface area contributed by atoms with Gasteiger partial charge in [0.2, 0.25) is 5.82 Å². The molecule has 8 nitrogen and oxygen atoms in total. The summed E-state index contributed by atoms with van der Waals surface area (Å²) in [4.78, 5) is 26.6. The highest BCUT2D eigenvalue weighted by atomic mass is 19.4. The van der Waals surface area contributed by atoms with Gasteiger partial charge in [-0.3, -0.25) is 4.79 Å². The van der Waals surface area contributed by atoms with Crippen LogP contribution in [0.2, 0.25) is 0 Å². The van der Waals surface area contributed by atoms with E-state index in [1.807, 2.05) is 0 Å². The number of alkyl halides is 3. The Labute approximate surface area is 157 Å². The van der Waals surface area contributed by atoms with Crippen molar-refractivity contribution >= 4 is 12.0 Å². The lowest BCUT2D eigenvalue weighted by Crippen LogP contribution is -2.52. The summed E-state index contributed by atoms with van der Waals surface area (Å²) in [6.45, 7) is 0. The Morgan fingerprint density at radius 3 is 2.21 bits per heavy atom. The summed E-state index contributed by atoms with van der Waals surface area (Å²) in [5, 5.41) is 17.4. The number of hydrogen-bond acceptors (Lipinski definition) is 5. The molecular formula is C17H17F3N4O4. The van der Waals surface area contributed by atoms with Crippen LogP contribution < -0.4 is 10.6 Å². The maximum atomic E-state index is 12.5. The normalized spacial score (nSPS) is 19.8. The summed E-state index contributed by atoms with van der Waals surface area (Å²) in [6, 6.07) is 4.98. The molecule has 11 heteroatoms. The molecule has 2 aromatic rings. The van der Waals surface area contributed by atoms with Gasteiger partial charge < -0.3 is 20.3 Å². The quantitative estimate of drug-likeness (QED) is 0.729. The molecule has 1 heterocycles. The van der Waals surface area contributed by atoms with Gasteiger partial charge in [-0.25, -0.2) is 4.79 Å². The van der Waals surface area contributed by atoms with E-state index in [4.69, 9.17) is 5.11 Å². The predicted octanol–water partition coefficient (Wildman–Crippen LogP) is 3.06. The zero-order chi connectivity index (χ0) is 20.3. The van der Waals surface area contributed by atoms with Crippen LogP contribution in [0.3, 0.4) is 0 Å². The largest absolute Gasteiger partial charge is 0.471 e. The number of benzene rings is 1. The van der Waals surface area contributed by atoms with Gasteiger partial charge in [-0.15, -0.1) is 0 Å². The van der Waals surface area contributed by atoms with Crippen molar-refractivity contribution in [2.24, 2.45) is 0 Å². The van der Waals surface area contributed by atoms with Crippen molar-refractivity contribution in [3.63, 3.8) is 0 Å². The standard InChI is InChI=1S/C17H17F3N4O4/c18-17(19,20)15-23-13(24-28-15)9-5-7-10(8-6-9)14(25)21-11-3-1-2-4-12(11)22-16(26)27/h5-8,11-12,22H,1-4H2,(H,21,25)(H,26,27). The Kier molecular flexibility index (Phi) is 5.52. The lowest BCUT2D eigenvalue weighted by atomic mass is 9.90. The lowest BCUT2D eigenvalue weighted by molar-refractivity contribution is -0.159. The van der Waals surface area contributed by atoms with E-state index in [0.29, 0.717) is 12.8 Å². The molecule has 0 aliphatic heterocycles. The van der Waals surface area contributed by atoms with Crippen molar-refractivity contribution in [2.75, 3.05) is 0 Å². The number of rotatable bonds is 4. The number of amides is 2. The topological polar surface area (TPSA) is 117 Å². The summed E-state index contributed by atoms with van der Waals surface area (Å²) in [7, 11) is 0. The summed E-state index contributed by atoms with van der Waals surface area (Å²) < 4.78 is 41.8. The van der Waals surface area contributed by atoms with Gasteiger partial charge in [0.25, 0.3) is 5.91 Å². The molecule has 1 aromatic carbocycles. The molecule has 0 bridgehead atoms. The van der Waals surface area contributed by atoms with Crippen molar-refractivity contribution in [1.29, 1.82) is 0 Å². The first-order chi connectivity index (χ1) is 13.2. The summed E-state index contributed by atoms with van der Waals surface area (Å²) in [5.41, 5.74) is 0.543. The summed E-state index contributed by atoms with van der Waals surface area (Å²) in [6.07, 6.45) is -2.84. The number of halogens is 3. The second-order valence-corrected chi connectivity index (χ2v) is 6.42. The molecule has 3 rings (SSSR count). The molecule has 2 unspecified atom stereocenters. The van der Waals surface area contributed by atoms with Crippen LogP contribution in [-0.4, -0.2) is 39.3 Å². The number of aromatic nitrogens is 2. The van der Waals surface area contributed by atoms with E-state index in [9.17, 15) is 22.8 Å². The van der Waals surface area contributed by atoms with Crippen LogP contribution >= 0.6 is 0 Å². The predicted molar refractivity (Wildman–Crippen MR) is 89.4 cm³/mol. The van der Waals surface area contributed by atoms with Crippen LogP contribution in [0.15, 0.2) is 28.8 Å². The summed E-state index contributed by atoms with van der Waals surface area (Å²) in [5.74, 6) is -2.09. The number of carboxylic acid groups (broad SMARTS) is 1. The number of carbonyl (C=O) groups is 2. The Morgan fingerprint density at radius 2 is 1.68 bits per heavy atom. The molecule has 3 N–H and O–H groups in total. The van der Waals surface area contributed by atoms with Gasteiger partial charge in [0.1, 0.15) is 0 Å². The van der Waals surface area contributed by atoms with E-state index in [-0.39, 0.29) is 29.0 Å². The van der Waals surface area contributed by atoms with Gasteiger partial charge in [0.05, 0.1) is 6.04 Å². The fraction of sp³-hybridized carbons (Fsp3) is 0.412. The number of carbonyl (C=O) groups excluding carboxylic acids is 1. The molecule has 0 spiro atoms. The average molecular weight is 398 g/mol. The molecule has 2 amide bonds. The third-order valence-corrected chi connectivity index (χ3v) is 4.47. The molecule has 0 saturated heterocycles. The fourth-order valence-corrected chi connectivity index (χ4v) is 3.11. The molecule has 1 aliphatic carbocycles. The molecule has 1 aliphatic rings. The fourth-order valence-electron chi connectivity index (χ4n) is 3.11. The number of nitrogens with one attached hydrogen (secondary N) is 2. The molecule has 2 atom stereocenters. The Balaban J connectivity index is 1.68. The van der Waals surface area contributed by atoms with E-state index in [2.05, 4.69) is 25.3 Å². The SMILES string of the molecule is O=C(O)NC1CCCCC1NC(=O)c1ccc(-c2noc(C(F)(F)F)n2)cc1. The molecule has 1 saturated carbocycles. The molecule has 150 valence electrons. The van der Waals surface area contributed by atoms with E-state index < -0.39 is 24.1 Å². The van der Waals surface area contributed by atoms with Gasteiger partial charge in [0.15, 0.2) is 0 Å². The Bertz CT molecular complexity index is 851. The highest BCUT2D eigenvalue weighted by Crippen LogP contribution is 2.29. The van der Waals surface area contributed by atoms with Gasteiger partial charge >= 0.3 is 18.2 Å². The third kappa shape index (κ3) is 4.59. The maximum absolute atomic E-state index is 12.5. The Hall–Kier alpha value is -3.11. The third-order valence-electron chi connectivity index (χ3n) is 4.47. The van der Waals surface area contributed by atoms with Gasteiger partial charge in [-0.05, 0) is 25.0 Å². The van der Waals surface area contributed by atoms with E-state index in [1.165, 1.54) is 24.3 Å². The van der Waals surface area contributed by atoms with Gasteiger partial charge in [-0.2, -0.15) is 18.2 Å². The van der Waals surface area contributed by atoms with Crippen molar-refractivity contribution in [2.45, 2.75) is 43.9 Å². The van der Waals surface area contributed by atoms with Crippen LogP contribution in [-0.2, 0) is 6.18 Å². The van der Waals surface area contributed by atoms with Crippen molar-refractivity contribution in [3.05, 3.63) is 35.7 Å². The minimum atomic E-state index is -4.73. The van der Waals surface area contributed by atoms with Crippen LogP contribution in [0.25, 0.3) is 11.4 Å². The first-order valence-corrected chi connectivity index (χ1v) is 8.55. The van der Waals surface area contributed by atoms with Crippen LogP contribution in [0.1, 0.15) is 41.9 Å². The van der Waals surface area contributed by atoms with E-state index in [0.717, 1.165) is 12.8 Å². The van der Waals surface area contributed by atoms with Gasteiger partial charge in [0, 0.05) is 17.2 Å². The van der Waals surface area contributed by atoms with Crippen molar-refractivity contribution in [3.8, 4) is 11.4 Å². The molecule has 28 heavy (non-hydrogen) atoms. The van der Waals surface area contributed by atoms with E-state index >= 15 is 0 Å². The second-order valence-electron chi connectivity index (χ2n) is 6.42. The first kappa shape index (κ1) is 19.6. The molecule has 0 radical (unpaired) electrons. The second kappa shape index (κ2) is 7.87. The monoisotopic (exact) mass is 398 g/mol. The van der Waals surface area contributed by atoms with Crippen molar-refractivity contribution < 1.29 is 32.4 Å². The maximum Gasteiger partial charge on any atom is 0.471 e. The number of hydrogen-bond donors (Lipinski definition) is 3. The molecule has 1 aromatic heterocycles. The highest BCUT2D eigenvalue weighted by molar-refractivity contribution is 5.94. The highest BCUT2D eigenvalue weighted by Gasteiger charge is 2.38. The smallest absolute Gasteiger partial charge is 0.465 e. The lowest BCUT2D eigenvalue weighted by Gasteiger charge is -2.32.